The average molecular weight is 408 g/mol. The molecule has 1 aliphatic carbocycles. The number of nitrogens with zero attached hydrogens (tertiary/aromatic N) is 4. The van der Waals surface area contributed by atoms with Gasteiger partial charge in [0.15, 0.2) is 0 Å². The molecule has 1 unspecified atom stereocenters. The third-order valence-electron chi connectivity index (χ3n) is 6.78. The Morgan fingerprint density at radius 3 is 2.73 bits per heavy atom. The highest BCUT2D eigenvalue weighted by Crippen LogP contribution is 2.28. The van der Waals surface area contributed by atoms with Crippen LogP contribution < -0.4 is 11.2 Å². The van der Waals surface area contributed by atoms with Crippen LogP contribution >= 0.6 is 0 Å². The summed E-state index contributed by atoms with van der Waals surface area (Å²) in [6.45, 7) is 3.68. The molecule has 7 heteroatoms. The highest BCUT2D eigenvalue weighted by Gasteiger charge is 2.25. The summed E-state index contributed by atoms with van der Waals surface area (Å²) in [5.41, 5.74) is 1.98. The fraction of sp³-hybridized carbons (Fsp3) is 0.522. The van der Waals surface area contributed by atoms with Crippen molar-refractivity contribution in [3.8, 4) is 5.69 Å². The van der Waals surface area contributed by atoms with Crippen molar-refractivity contribution in [3.63, 3.8) is 0 Å². The first-order valence-corrected chi connectivity index (χ1v) is 11.2. The molecule has 158 valence electrons. The third-order valence-corrected chi connectivity index (χ3v) is 6.78. The first-order chi connectivity index (χ1) is 14.7. The van der Waals surface area contributed by atoms with E-state index in [1.54, 1.807) is 10.7 Å². The second-order valence-electron chi connectivity index (χ2n) is 9.00. The van der Waals surface area contributed by atoms with Gasteiger partial charge in [0.25, 0.3) is 5.56 Å². The predicted octanol–water partition coefficient (Wildman–Crippen LogP) is 2.62. The molecule has 1 saturated heterocycles. The molecule has 30 heavy (non-hydrogen) atoms. The standard InChI is InChI=1S/C23H29N5O2/c29-22-8-10-27(23(30)25-22)21-14-24-28-11-7-18(13-20(21)28)12-19-6-9-26(16-19)15-17-4-2-1-3-5-17/h7-8,10-11,13-14,17,19H,1-6,9,12,15-16H2,(H,25,29,30). The molecule has 0 bridgehead atoms. The first-order valence-electron chi connectivity index (χ1n) is 11.2. The number of rotatable bonds is 5. The minimum Gasteiger partial charge on any atom is -0.303 e. The molecule has 3 aromatic rings. The van der Waals surface area contributed by atoms with Crippen molar-refractivity contribution in [2.75, 3.05) is 19.6 Å². The van der Waals surface area contributed by atoms with Crippen LogP contribution in [0.1, 0.15) is 44.1 Å². The van der Waals surface area contributed by atoms with Gasteiger partial charge in [0.1, 0.15) is 0 Å². The Morgan fingerprint density at radius 1 is 1.03 bits per heavy atom. The van der Waals surface area contributed by atoms with E-state index in [0.717, 1.165) is 17.9 Å². The molecule has 5 rings (SSSR count). The van der Waals surface area contributed by atoms with E-state index in [-0.39, 0.29) is 0 Å². The van der Waals surface area contributed by atoms with Crippen LogP contribution in [0, 0.1) is 11.8 Å². The number of nitrogens with one attached hydrogen (secondary N) is 1. The van der Waals surface area contributed by atoms with Crippen molar-refractivity contribution in [3.05, 3.63) is 63.2 Å². The van der Waals surface area contributed by atoms with Crippen molar-refractivity contribution in [1.82, 2.24) is 24.1 Å². The van der Waals surface area contributed by atoms with Crippen LogP contribution in [0.25, 0.3) is 11.2 Å². The minimum absolute atomic E-state index is 0.396. The molecule has 0 amide bonds. The summed E-state index contributed by atoms with van der Waals surface area (Å²) in [4.78, 5) is 28.6. The summed E-state index contributed by atoms with van der Waals surface area (Å²) in [5, 5.41) is 4.37. The Balaban J connectivity index is 1.31. The summed E-state index contributed by atoms with van der Waals surface area (Å²) in [7, 11) is 0. The predicted molar refractivity (Wildman–Crippen MR) is 116 cm³/mol. The van der Waals surface area contributed by atoms with Gasteiger partial charge in [0.05, 0.1) is 17.4 Å². The lowest BCUT2D eigenvalue weighted by Crippen LogP contribution is -2.29. The molecule has 1 saturated carbocycles. The van der Waals surface area contributed by atoms with Gasteiger partial charge in [-0.1, -0.05) is 19.3 Å². The first kappa shape index (κ1) is 19.3. The molecule has 1 N–H and O–H groups in total. The van der Waals surface area contributed by atoms with Crippen LogP contribution in [0.15, 0.2) is 46.4 Å². The molecular formula is C23H29N5O2. The largest absolute Gasteiger partial charge is 0.333 e. The van der Waals surface area contributed by atoms with Crippen LogP contribution in [0.4, 0.5) is 0 Å². The number of hydrogen-bond acceptors (Lipinski definition) is 4. The van der Waals surface area contributed by atoms with E-state index < -0.39 is 11.2 Å². The molecule has 2 fully saturated rings. The highest BCUT2D eigenvalue weighted by atomic mass is 16.2. The Morgan fingerprint density at radius 2 is 1.90 bits per heavy atom. The fourth-order valence-electron chi connectivity index (χ4n) is 5.24. The van der Waals surface area contributed by atoms with Crippen molar-refractivity contribution in [2.45, 2.75) is 44.9 Å². The molecule has 3 aromatic heterocycles. The topological polar surface area (TPSA) is 75.4 Å². The van der Waals surface area contributed by atoms with E-state index in [1.165, 1.54) is 80.6 Å². The third kappa shape index (κ3) is 3.99. The summed E-state index contributed by atoms with van der Waals surface area (Å²) in [6.07, 6.45) is 14.5. The summed E-state index contributed by atoms with van der Waals surface area (Å²) < 4.78 is 3.22. The molecule has 2 aliphatic rings. The van der Waals surface area contributed by atoms with Crippen LogP contribution in [0.2, 0.25) is 0 Å². The number of pyridine rings is 1. The van der Waals surface area contributed by atoms with Crippen LogP contribution in [-0.2, 0) is 6.42 Å². The second-order valence-corrected chi connectivity index (χ2v) is 9.00. The van der Waals surface area contributed by atoms with Crippen molar-refractivity contribution in [1.29, 1.82) is 0 Å². The lowest BCUT2D eigenvalue weighted by Gasteiger charge is -2.26. The SMILES string of the molecule is O=c1ccn(-c2cnn3ccc(CC4CCN(CC5CCCCC5)C4)cc23)c(=O)[nH]1. The van der Waals surface area contributed by atoms with Gasteiger partial charge in [-0.05, 0) is 61.8 Å². The summed E-state index contributed by atoms with van der Waals surface area (Å²) in [6, 6.07) is 5.61. The number of hydrogen-bond donors (Lipinski definition) is 1. The molecule has 0 spiro atoms. The molecule has 0 aromatic carbocycles. The Bertz CT molecular complexity index is 1140. The molecule has 4 heterocycles. The van der Waals surface area contributed by atoms with Gasteiger partial charge in [-0.3, -0.25) is 14.3 Å². The zero-order chi connectivity index (χ0) is 20.5. The molecule has 1 aliphatic heterocycles. The Kier molecular flexibility index (Phi) is 5.29. The van der Waals surface area contributed by atoms with E-state index in [1.807, 2.05) is 6.20 Å². The van der Waals surface area contributed by atoms with Crippen LogP contribution in [-0.4, -0.2) is 43.7 Å². The smallest absolute Gasteiger partial charge is 0.303 e. The Labute approximate surface area is 175 Å². The van der Waals surface area contributed by atoms with Gasteiger partial charge in [-0.25, -0.2) is 9.31 Å². The van der Waals surface area contributed by atoms with E-state index >= 15 is 0 Å². The van der Waals surface area contributed by atoms with Crippen molar-refractivity contribution >= 4 is 5.52 Å². The highest BCUT2D eigenvalue weighted by molar-refractivity contribution is 5.64. The van der Waals surface area contributed by atoms with Crippen LogP contribution in [0.5, 0.6) is 0 Å². The summed E-state index contributed by atoms with van der Waals surface area (Å²) in [5.74, 6) is 1.58. The van der Waals surface area contributed by atoms with Gasteiger partial charge in [-0.2, -0.15) is 5.10 Å². The number of aromatic amines is 1. The van der Waals surface area contributed by atoms with E-state index in [2.05, 4.69) is 27.1 Å². The zero-order valence-electron chi connectivity index (χ0n) is 17.3. The van der Waals surface area contributed by atoms with E-state index in [4.69, 9.17) is 0 Å². The monoisotopic (exact) mass is 407 g/mol. The van der Waals surface area contributed by atoms with Crippen molar-refractivity contribution in [2.24, 2.45) is 11.8 Å². The molecule has 1 atom stereocenters. The van der Waals surface area contributed by atoms with Gasteiger partial charge in [0, 0.05) is 31.5 Å². The van der Waals surface area contributed by atoms with Gasteiger partial charge in [0.2, 0.25) is 0 Å². The maximum Gasteiger partial charge on any atom is 0.333 e. The fourth-order valence-corrected chi connectivity index (χ4v) is 5.24. The molecular weight excluding hydrogens is 378 g/mol. The second kappa shape index (κ2) is 8.22. The average Bonchev–Trinajstić information content (AvgIpc) is 3.36. The maximum atomic E-state index is 12.2. The number of fused-ring (bicyclic) bond motifs is 1. The summed E-state index contributed by atoms with van der Waals surface area (Å²) >= 11 is 0. The van der Waals surface area contributed by atoms with E-state index in [0.29, 0.717) is 11.6 Å². The van der Waals surface area contributed by atoms with Gasteiger partial charge < -0.3 is 4.90 Å². The number of likely N-dealkylation sites (tertiary alicyclic amines) is 1. The zero-order valence-corrected chi connectivity index (χ0v) is 17.3. The number of H-pyrrole nitrogens is 1. The lowest BCUT2D eigenvalue weighted by molar-refractivity contribution is 0.228. The van der Waals surface area contributed by atoms with Gasteiger partial charge >= 0.3 is 5.69 Å². The molecule has 0 radical (unpaired) electrons. The van der Waals surface area contributed by atoms with Gasteiger partial charge in [-0.15, -0.1) is 0 Å². The van der Waals surface area contributed by atoms with E-state index in [9.17, 15) is 9.59 Å². The molecule has 7 nitrogen and oxygen atoms in total. The maximum absolute atomic E-state index is 12.2. The normalized spacial score (nSPS) is 20.9. The quantitative estimate of drug-likeness (QED) is 0.706. The van der Waals surface area contributed by atoms with Crippen LogP contribution in [0.3, 0.4) is 0 Å². The number of aromatic nitrogens is 4. The Hall–Kier alpha value is -2.67. The van der Waals surface area contributed by atoms with Crippen molar-refractivity contribution < 1.29 is 0 Å². The minimum atomic E-state index is -0.447. The lowest BCUT2D eigenvalue weighted by atomic mass is 9.89.